The summed E-state index contributed by atoms with van der Waals surface area (Å²) >= 11 is 0. The first kappa shape index (κ1) is 19.2. The number of aryl methyl sites for hydroxylation is 1. The number of hydrogen-bond acceptors (Lipinski definition) is 4. The Morgan fingerprint density at radius 2 is 1.77 bits per heavy atom. The average Bonchev–Trinajstić information content (AvgIpc) is 2.64. The van der Waals surface area contributed by atoms with Gasteiger partial charge in [-0.3, -0.25) is 14.4 Å². The molecule has 6 nitrogen and oxygen atoms in total. The molecule has 0 radical (unpaired) electrons. The molecule has 0 fully saturated rings. The molecule has 0 saturated carbocycles. The maximum absolute atomic E-state index is 12.0. The van der Waals surface area contributed by atoms with Crippen molar-refractivity contribution in [3.05, 3.63) is 71.3 Å². The quantitative estimate of drug-likeness (QED) is 0.771. The minimum absolute atomic E-state index is 0.289. The lowest BCUT2D eigenvalue weighted by Crippen LogP contribution is -2.34. The van der Waals surface area contributed by atoms with E-state index in [1.165, 1.54) is 4.90 Å². The van der Waals surface area contributed by atoms with Crippen LogP contribution in [0.2, 0.25) is 0 Å². The van der Waals surface area contributed by atoms with Gasteiger partial charge in [0.1, 0.15) is 6.54 Å². The molecule has 0 aliphatic rings. The van der Waals surface area contributed by atoms with Gasteiger partial charge in [-0.2, -0.15) is 0 Å². The summed E-state index contributed by atoms with van der Waals surface area (Å²) in [6, 6.07) is 16.5. The van der Waals surface area contributed by atoms with Crippen molar-refractivity contribution in [1.29, 1.82) is 0 Å². The number of benzene rings is 2. The van der Waals surface area contributed by atoms with E-state index in [1.807, 2.05) is 43.3 Å². The van der Waals surface area contributed by atoms with Crippen LogP contribution in [0.25, 0.3) is 0 Å². The van der Waals surface area contributed by atoms with Gasteiger partial charge < -0.3 is 15.0 Å². The third kappa shape index (κ3) is 6.05. The fourth-order valence-corrected chi connectivity index (χ4v) is 2.29. The number of esters is 1. The van der Waals surface area contributed by atoms with Gasteiger partial charge in [0.15, 0.2) is 6.61 Å². The van der Waals surface area contributed by atoms with E-state index in [0.717, 1.165) is 11.1 Å². The molecule has 2 aromatic rings. The maximum atomic E-state index is 12.0. The monoisotopic (exact) mass is 354 g/mol. The van der Waals surface area contributed by atoms with E-state index in [2.05, 4.69) is 5.32 Å². The largest absolute Gasteiger partial charge is 0.454 e. The average molecular weight is 354 g/mol. The van der Waals surface area contributed by atoms with Gasteiger partial charge in [-0.15, -0.1) is 0 Å². The van der Waals surface area contributed by atoms with Crippen LogP contribution >= 0.6 is 0 Å². The van der Waals surface area contributed by atoms with E-state index < -0.39 is 5.97 Å². The number of likely N-dealkylation sites (N-methyl/N-ethyl adjacent to an activating group) is 1. The van der Waals surface area contributed by atoms with Crippen LogP contribution in [0.5, 0.6) is 0 Å². The van der Waals surface area contributed by atoms with Crippen LogP contribution in [0.3, 0.4) is 0 Å². The third-order valence-corrected chi connectivity index (χ3v) is 3.72. The number of carbonyl (C=O) groups excluding carboxylic acids is 3. The first-order valence-corrected chi connectivity index (χ1v) is 8.24. The third-order valence-electron chi connectivity index (χ3n) is 3.72. The van der Waals surface area contributed by atoms with Gasteiger partial charge in [0.2, 0.25) is 0 Å². The van der Waals surface area contributed by atoms with Crippen molar-refractivity contribution in [3.8, 4) is 0 Å². The van der Waals surface area contributed by atoms with Gasteiger partial charge >= 0.3 is 5.97 Å². The topological polar surface area (TPSA) is 75.7 Å². The van der Waals surface area contributed by atoms with Crippen molar-refractivity contribution in [2.24, 2.45) is 0 Å². The van der Waals surface area contributed by atoms with E-state index in [0.29, 0.717) is 12.1 Å². The molecule has 0 spiro atoms. The SMILES string of the molecule is Cc1cccc(C(=O)NCC(=O)OCC(=O)N(C)Cc2ccccc2)c1. The summed E-state index contributed by atoms with van der Waals surface area (Å²) in [5, 5.41) is 2.48. The Kier molecular flexibility index (Phi) is 6.91. The summed E-state index contributed by atoms with van der Waals surface area (Å²) in [7, 11) is 1.64. The molecule has 0 aromatic heterocycles. The fourth-order valence-electron chi connectivity index (χ4n) is 2.29. The number of nitrogens with zero attached hydrogens (tertiary/aromatic N) is 1. The van der Waals surface area contributed by atoms with Crippen LogP contribution < -0.4 is 5.32 Å². The Bertz CT molecular complexity index is 774. The van der Waals surface area contributed by atoms with Gasteiger partial charge in [-0.05, 0) is 24.6 Å². The molecule has 136 valence electrons. The standard InChI is InChI=1S/C20H22N2O4/c1-15-7-6-10-17(11-15)20(25)21-12-19(24)26-14-18(23)22(2)13-16-8-4-3-5-9-16/h3-11H,12-14H2,1-2H3,(H,21,25). The minimum Gasteiger partial charge on any atom is -0.454 e. The Labute approximate surface area is 152 Å². The molecule has 26 heavy (non-hydrogen) atoms. The van der Waals surface area contributed by atoms with Crippen molar-refractivity contribution in [2.75, 3.05) is 20.2 Å². The molecule has 2 amide bonds. The lowest BCUT2D eigenvalue weighted by Gasteiger charge is -2.17. The van der Waals surface area contributed by atoms with Crippen LogP contribution in [0.1, 0.15) is 21.5 Å². The van der Waals surface area contributed by atoms with E-state index in [-0.39, 0.29) is 25.0 Å². The van der Waals surface area contributed by atoms with Crippen molar-refractivity contribution in [3.63, 3.8) is 0 Å². The second-order valence-electron chi connectivity index (χ2n) is 5.95. The number of nitrogens with one attached hydrogen (secondary N) is 1. The number of carbonyl (C=O) groups is 3. The summed E-state index contributed by atoms with van der Waals surface area (Å²) < 4.78 is 4.93. The Balaban J connectivity index is 1.72. The van der Waals surface area contributed by atoms with Gasteiger partial charge in [-0.25, -0.2) is 0 Å². The van der Waals surface area contributed by atoms with Crippen LogP contribution in [0.15, 0.2) is 54.6 Å². The number of ether oxygens (including phenoxy) is 1. The summed E-state index contributed by atoms with van der Waals surface area (Å²) in [5.41, 5.74) is 2.41. The fraction of sp³-hybridized carbons (Fsp3) is 0.250. The van der Waals surface area contributed by atoms with Crippen LogP contribution in [-0.4, -0.2) is 42.9 Å². The van der Waals surface area contributed by atoms with E-state index in [9.17, 15) is 14.4 Å². The first-order valence-electron chi connectivity index (χ1n) is 8.24. The summed E-state index contributed by atoms with van der Waals surface area (Å²) in [6.45, 7) is 1.66. The molecule has 0 heterocycles. The molecular formula is C20H22N2O4. The second-order valence-corrected chi connectivity index (χ2v) is 5.95. The van der Waals surface area contributed by atoms with Gasteiger partial charge in [-0.1, -0.05) is 48.0 Å². The molecule has 0 bridgehead atoms. The molecule has 2 rings (SSSR count). The lowest BCUT2D eigenvalue weighted by atomic mass is 10.1. The first-order chi connectivity index (χ1) is 12.5. The normalized spacial score (nSPS) is 10.1. The molecule has 2 aromatic carbocycles. The molecule has 0 atom stereocenters. The van der Waals surface area contributed by atoms with Gasteiger partial charge in [0.25, 0.3) is 11.8 Å². The number of amides is 2. The molecule has 1 N–H and O–H groups in total. The highest BCUT2D eigenvalue weighted by Gasteiger charge is 2.13. The summed E-state index contributed by atoms with van der Waals surface area (Å²) in [5.74, 6) is -1.34. The van der Waals surface area contributed by atoms with Crippen LogP contribution in [-0.2, 0) is 20.9 Å². The van der Waals surface area contributed by atoms with E-state index in [1.54, 1.807) is 25.2 Å². The van der Waals surface area contributed by atoms with Gasteiger partial charge in [0, 0.05) is 19.2 Å². The van der Waals surface area contributed by atoms with Crippen molar-refractivity contribution in [2.45, 2.75) is 13.5 Å². The molecule has 0 aliphatic heterocycles. The highest BCUT2D eigenvalue weighted by Crippen LogP contribution is 2.04. The van der Waals surface area contributed by atoms with Crippen molar-refractivity contribution < 1.29 is 19.1 Å². The Hall–Kier alpha value is -3.15. The van der Waals surface area contributed by atoms with E-state index in [4.69, 9.17) is 4.74 Å². The molecular weight excluding hydrogens is 332 g/mol. The zero-order valence-corrected chi connectivity index (χ0v) is 14.9. The zero-order chi connectivity index (χ0) is 18.9. The summed E-state index contributed by atoms with van der Waals surface area (Å²) in [6.07, 6.45) is 0. The van der Waals surface area contributed by atoms with E-state index >= 15 is 0 Å². The molecule has 6 heteroatoms. The molecule has 0 saturated heterocycles. The van der Waals surface area contributed by atoms with Crippen molar-refractivity contribution in [1.82, 2.24) is 10.2 Å². The smallest absolute Gasteiger partial charge is 0.325 e. The lowest BCUT2D eigenvalue weighted by molar-refractivity contribution is -0.150. The Morgan fingerprint density at radius 1 is 1.04 bits per heavy atom. The zero-order valence-electron chi connectivity index (χ0n) is 14.9. The number of rotatable bonds is 7. The number of hydrogen-bond donors (Lipinski definition) is 1. The van der Waals surface area contributed by atoms with Gasteiger partial charge in [0.05, 0.1) is 0 Å². The van der Waals surface area contributed by atoms with Crippen LogP contribution in [0, 0.1) is 6.92 Å². The summed E-state index contributed by atoms with van der Waals surface area (Å²) in [4.78, 5) is 37.2. The Morgan fingerprint density at radius 3 is 2.46 bits per heavy atom. The highest BCUT2D eigenvalue weighted by molar-refractivity contribution is 5.96. The molecule has 0 unspecified atom stereocenters. The predicted octanol–water partition coefficient (Wildman–Crippen LogP) is 1.93. The van der Waals surface area contributed by atoms with Crippen molar-refractivity contribution >= 4 is 17.8 Å². The van der Waals surface area contributed by atoms with Crippen LogP contribution in [0.4, 0.5) is 0 Å². The highest BCUT2D eigenvalue weighted by atomic mass is 16.5. The predicted molar refractivity (Wildman–Crippen MR) is 97.4 cm³/mol. The second kappa shape index (κ2) is 9.36. The maximum Gasteiger partial charge on any atom is 0.325 e. The molecule has 0 aliphatic carbocycles. The minimum atomic E-state index is -0.660.